The average Bonchev–Trinajstić information content (AvgIpc) is 3.18. The molecule has 1 aromatic carbocycles. The zero-order chi connectivity index (χ0) is 25.6. The molecule has 0 atom stereocenters. The average molecular weight is 516 g/mol. The van der Waals surface area contributed by atoms with Crippen LogP contribution < -0.4 is 9.88 Å². The molecule has 0 radical (unpaired) electrons. The number of primary sulfonamides is 1. The summed E-state index contributed by atoms with van der Waals surface area (Å²) < 4.78 is 38.1. The quantitative estimate of drug-likeness (QED) is 0.415. The number of benzene rings is 1. The lowest BCUT2D eigenvalue weighted by Crippen LogP contribution is -2.44. The van der Waals surface area contributed by atoms with Crippen LogP contribution in [0.5, 0.6) is 5.88 Å². The van der Waals surface area contributed by atoms with Gasteiger partial charge >= 0.3 is 0 Å². The third-order valence-electron chi connectivity index (χ3n) is 7.70. The standard InChI is InChI=1S/C26H37N3O4SSi/c1-26(2,3)35(5,6)33-20-11-9-19(10-12-20)29-17-22(24-23(29)15-16-28-25(24)32-4)18-7-13-21(14-8-18)34(27,30)31/h7-8,13-17,19-20H,9-12H2,1-6H3,(H2,27,30,31). The normalized spacial score (nSPS) is 19.7. The first-order valence-corrected chi connectivity index (χ1v) is 16.6. The topological polar surface area (TPSA) is 96.4 Å². The maximum absolute atomic E-state index is 11.7. The van der Waals surface area contributed by atoms with Gasteiger partial charge in [0.1, 0.15) is 0 Å². The minimum atomic E-state index is -3.75. The van der Waals surface area contributed by atoms with Gasteiger partial charge in [-0.2, -0.15) is 0 Å². The molecule has 7 nitrogen and oxygen atoms in total. The predicted molar refractivity (Wildman–Crippen MR) is 143 cm³/mol. The summed E-state index contributed by atoms with van der Waals surface area (Å²) in [6.45, 7) is 11.5. The number of sulfonamides is 1. The molecule has 0 spiro atoms. The lowest BCUT2D eigenvalue weighted by molar-refractivity contribution is 0.119. The van der Waals surface area contributed by atoms with E-state index in [1.54, 1.807) is 37.6 Å². The van der Waals surface area contributed by atoms with Crippen LogP contribution >= 0.6 is 0 Å². The van der Waals surface area contributed by atoms with Crippen molar-refractivity contribution in [2.75, 3.05) is 7.11 Å². The molecule has 0 saturated heterocycles. The number of rotatable bonds is 6. The van der Waals surface area contributed by atoms with E-state index in [0.29, 0.717) is 18.0 Å². The van der Waals surface area contributed by atoms with Crippen molar-refractivity contribution < 1.29 is 17.6 Å². The summed E-state index contributed by atoms with van der Waals surface area (Å²) in [5.74, 6) is 0.557. The minimum Gasteiger partial charge on any atom is -0.480 e. The number of hydrogen-bond donors (Lipinski definition) is 1. The van der Waals surface area contributed by atoms with Gasteiger partial charge in [0.15, 0.2) is 8.32 Å². The number of aromatic nitrogens is 2. The third kappa shape index (κ3) is 5.18. The van der Waals surface area contributed by atoms with E-state index in [9.17, 15) is 8.42 Å². The van der Waals surface area contributed by atoms with Crippen molar-refractivity contribution >= 4 is 29.2 Å². The SMILES string of the molecule is COc1nccc2c1c(-c1ccc(S(N)(=O)=O)cc1)cn2C1CCC(O[Si](C)(C)C(C)(C)C)CC1. The summed E-state index contributed by atoms with van der Waals surface area (Å²) in [5.41, 5.74) is 2.92. The van der Waals surface area contributed by atoms with Gasteiger partial charge in [0.05, 0.1) is 22.9 Å². The van der Waals surface area contributed by atoms with E-state index in [-0.39, 0.29) is 9.93 Å². The first kappa shape index (κ1) is 25.9. The Morgan fingerprint density at radius 1 is 1.06 bits per heavy atom. The molecule has 4 rings (SSSR count). The fourth-order valence-corrected chi connectivity index (χ4v) is 6.65. The molecular weight excluding hydrogens is 478 g/mol. The summed E-state index contributed by atoms with van der Waals surface area (Å²) in [6, 6.07) is 9.03. The van der Waals surface area contributed by atoms with Crippen molar-refractivity contribution in [3.8, 4) is 17.0 Å². The molecule has 190 valence electrons. The van der Waals surface area contributed by atoms with Gasteiger partial charge in [-0.1, -0.05) is 32.9 Å². The predicted octanol–water partition coefficient (Wildman–Crippen LogP) is 5.86. The smallest absolute Gasteiger partial charge is 0.238 e. The lowest BCUT2D eigenvalue weighted by Gasteiger charge is -2.41. The van der Waals surface area contributed by atoms with Crippen LogP contribution in [0.25, 0.3) is 22.0 Å². The third-order valence-corrected chi connectivity index (χ3v) is 13.2. The minimum absolute atomic E-state index is 0.0927. The first-order chi connectivity index (χ1) is 16.3. The van der Waals surface area contributed by atoms with E-state index < -0.39 is 18.3 Å². The monoisotopic (exact) mass is 515 g/mol. The number of nitrogens with two attached hydrogens (primary N) is 1. The fourth-order valence-electron chi connectivity index (χ4n) is 4.71. The van der Waals surface area contributed by atoms with Gasteiger partial charge in [0.25, 0.3) is 0 Å². The van der Waals surface area contributed by atoms with Crippen molar-refractivity contribution in [3.05, 3.63) is 42.7 Å². The van der Waals surface area contributed by atoms with E-state index in [1.807, 2.05) is 6.07 Å². The highest BCUT2D eigenvalue weighted by molar-refractivity contribution is 7.89. The summed E-state index contributed by atoms with van der Waals surface area (Å²) >= 11 is 0. The molecule has 0 bridgehead atoms. The van der Waals surface area contributed by atoms with Crippen LogP contribution in [-0.2, 0) is 14.4 Å². The Kier molecular flexibility index (Phi) is 6.91. The van der Waals surface area contributed by atoms with Gasteiger partial charge < -0.3 is 13.7 Å². The van der Waals surface area contributed by atoms with Gasteiger partial charge in [-0.15, -0.1) is 0 Å². The Hall–Kier alpha value is -2.20. The van der Waals surface area contributed by atoms with Crippen molar-refractivity contribution in [2.24, 2.45) is 5.14 Å². The molecule has 1 aliphatic rings. The zero-order valence-electron chi connectivity index (χ0n) is 21.5. The second-order valence-electron chi connectivity index (χ2n) is 11.0. The van der Waals surface area contributed by atoms with Gasteiger partial charge in [0, 0.05) is 30.1 Å². The van der Waals surface area contributed by atoms with Gasteiger partial charge in [-0.3, -0.25) is 0 Å². The van der Waals surface area contributed by atoms with Crippen LogP contribution in [0.1, 0.15) is 52.5 Å². The van der Waals surface area contributed by atoms with E-state index in [1.165, 1.54) is 0 Å². The van der Waals surface area contributed by atoms with E-state index in [4.69, 9.17) is 14.3 Å². The van der Waals surface area contributed by atoms with E-state index in [0.717, 1.165) is 47.7 Å². The second-order valence-corrected chi connectivity index (χ2v) is 17.4. The molecule has 1 saturated carbocycles. The summed E-state index contributed by atoms with van der Waals surface area (Å²) in [6.07, 6.45) is 8.40. The number of ether oxygens (including phenoxy) is 1. The van der Waals surface area contributed by atoms with Crippen LogP contribution in [0.4, 0.5) is 0 Å². The number of nitrogens with zero attached hydrogens (tertiary/aromatic N) is 2. The molecule has 0 aliphatic heterocycles. The number of hydrogen-bond acceptors (Lipinski definition) is 5. The molecular formula is C26H37N3O4SSi. The molecule has 2 aromatic heterocycles. The molecule has 0 amide bonds. The van der Waals surface area contributed by atoms with Crippen molar-refractivity contribution in [3.63, 3.8) is 0 Å². The largest absolute Gasteiger partial charge is 0.480 e. The van der Waals surface area contributed by atoms with Crippen LogP contribution in [0.2, 0.25) is 18.1 Å². The number of methoxy groups -OCH3 is 1. The second kappa shape index (κ2) is 9.35. The summed E-state index contributed by atoms with van der Waals surface area (Å²) in [4.78, 5) is 4.53. The summed E-state index contributed by atoms with van der Waals surface area (Å²) in [5, 5.41) is 6.42. The van der Waals surface area contributed by atoms with Crippen LogP contribution in [0.15, 0.2) is 47.6 Å². The highest BCUT2D eigenvalue weighted by Crippen LogP contribution is 2.43. The highest BCUT2D eigenvalue weighted by Gasteiger charge is 2.40. The Labute approximate surface area is 209 Å². The highest BCUT2D eigenvalue weighted by atomic mass is 32.2. The van der Waals surface area contributed by atoms with E-state index >= 15 is 0 Å². The van der Waals surface area contributed by atoms with Crippen LogP contribution in [0, 0.1) is 0 Å². The van der Waals surface area contributed by atoms with Crippen molar-refractivity contribution in [1.82, 2.24) is 9.55 Å². The molecule has 1 fully saturated rings. The number of pyridine rings is 1. The van der Waals surface area contributed by atoms with Gasteiger partial charge in [-0.05, 0) is 67.6 Å². The van der Waals surface area contributed by atoms with Crippen LogP contribution in [-0.4, -0.2) is 39.5 Å². The Balaban J connectivity index is 1.65. The lowest BCUT2D eigenvalue weighted by atomic mass is 9.93. The van der Waals surface area contributed by atoms with Crippen LogP contribution in [0.3, 0.4) is 0 Å². The number of fused-ring (bicyclic) bond motifs is 1. The maximum atomic E-state index is 11.7. The molecule has 2 N–H and O–H groups in total. The molecule has 2 heterocycles. The summed E-state index contributed by atoms with van der Waals surface area (Å²) in [7, 11) is -3.92. The maximum Gasteiger partial charge on any atom is 0.238 e. The van der Waals surface area contributed by atoms with Gasteiger partial charge in [0.2, 0.25) is 15.9 Å². The molecule has 0 unspecified atom stereocenters. The van der Waals surface area contributed by atoms with Crippen molar-refractivity contribution in [2.45, 2.75) is 81.6 Å². The van der Waals surface area contributed by atoms with Crippen molar-refractivity contribution in [1.29, 1.82) is 0 Å². The molecule has 35 heavy (non-hydrogen) atoms. The Bertz CT molecular complexity index is 1300. The zero-order valence-corrected chi connectivity index (χ0v) is 23.4. The van der Waals surface area contributed by atoms with E-state index in [2.05, 4.69) is 49.6 Å². The fraction of sp³-hybridized carbons (Fsp3) is 0.500. The molecule has 3 aromatic rings. The molecule has 1 aliphatic carbocycles. The Morgan fingerprint density at radius 3 is 2.23 bits per heavy atom. The first-order valence-electron chi connectivity index (χ1n) is 12.2. The molecule has 9 heteroatoms. The Morgan fingerprint density at radius 2 is 1.69 bits per heavy atom. The van der Waals surface area contributed by atoms with Gasteiger partial charge in [-0.25, -0.2) is 18.5 Å².